The molecule has 3 nitrogen and oxygen atoms in total. The van der Waals surface area contributed by atoms with Crippen LogP contribution in [-0.2, 0) is 6.42 Å². The van der Waals surface area contributed by atoms with Crippen molar-refractivity contribution in [3.63, 3.8) is 0 Å². The van der Waals surface area contributed by atoms with Gasteiger partial charge in [-0.25, -0.2) is 13.8 Å². The van der Waals surface area contributed by atoms with Gasteiger partial charge in [0.25, 0.3) is 0 Å². The summed E-state index contributed by atoms with van der Waals surface area (Å²) in [7, 11) is 0. The summed E-state index contributed by atoms with van der Waals surface area (Å²) in [5, 5.41) is 2.82. The Morgan fingerprint density at radius 1 is 1.44 bits per heavy atom. The number of thiazole rings is 1. The lowest BCUT2D eigenvalue weighted by atomic mass is 10.0. The first-order valence-electron chi connectivity index (χ1n) is 5.43. The molecule has 0 spiro atoms. The zero-order valence-corrected chi connectivity index (χ0v) is 10.6. The molecule has 2 rings (SSSR count). The summed E-state index contributed by atoms with van der Waals surface area (Å²) in [6.45, 7) is 1.89. The highest BCUT2D eigenvalue weighted by Gasteiger charge is 2.18. The Hall–Kier alpha value is -1.37. The smallest absolute Gasteiger partial charge is 0.163 e. The second-order valence-electron chi connectivity index (χ2n) is 3.92. The maximum atomic E-state index is 13.7. The second-order valence-corrected chi connectivity index (χ2v) is 4.99. The molecule has 1 aromatic carbocycles. The summed E-state index contributed by atoms with van der Waals surface area (Å²) in [4.78, 5) is 4.28. The Bertz CT molecular complexity index is 542. The molecular formula is C12H13F2N3S. The Morgan fingerprint density at radius 3 is 2.83 bits per heavy atom. The second kappa shape index (κ2) is 5.51. The Labute approximate surface area is 108 Å². The molecule has 18 heavy (non-hydrogen) atoms. The molecule has 1 aromatic heterocycles. The molecule has 3 N–H and O–H groups in total. The van der Waals surface area contributed by atoms with E-state index in [0.29, 0.717) is 6.42 Å². The lowest BCUT2D eigenvalue weighted by molar-refractivity contribution is 0.463. The van der Waals surface area contributed by atoms with Crippen molar-refractivity contribution in [1.29, 1.82) is 0 Å². The number of aryl methyl sites for hydroxylation is 1. The third-order valence-electron chi connectivity index (χ3n) is 2.64. The van der Waals surface area contributed by atoms with Gasteiger partial charge in [-0.2, -0.15) is 0 Å². The number of hydrazine groups is 1. The number of benzene rings is 1. The van der Waals surface area contributed by atoms with Gasteiger partial charge in [0.1, 0.15) is 0 Å². The third-order valence-corrected chi connectivity index (χ3v) is 3.46. The van der Waals surface area contributed by atoms with E-state index in [0.717, 1.165) is 16.8 Å². The van der Waals surface area contributed by atoms with E-state index in [-0.39, 0.29) is 5.56 Å². The van der Waals surface area contributed by atoms with Crippen molar-refractivity contribution in [2.45, 2.75) is 19.4 Å². The average Bonchev–Trinajstić information content (AvgIpc) is 2.76. The van der Waals surface area contributed by atoms with Gasteiger partial charge >= 0.3 is 0 Å². The zero-order valence-electron chi connectivity index (χ0n) is 9.78. The highest BCUT2D eigenvalue weighted by atomic mass is 32.1. The molecule has 2 aromatic rings. The van der Waals surface area contributed by atoms with E-state index in [1.165, 1.54) is 23.5 Å². The van der Waals surface area contributed by atoms with Gasteiger partial charge in [0, 0.05) is 17.4 Å². The number of nitrogens with one attached hydrogen (secondary N) is 1. The van der Waals surface area contributed by atoms with Crippen LogP contribution in [0.4, 0.5) is 8.78 Å². The van der Waals surface area contributed by atoms with Crippen molar-refractivity contribution in [3.05, 3.63) is 51.5 Å². The van der Waals surface area contributed by atoms with Gasteiger partial charge in [-0.15, -0.1) is 11.3 Å². The van der Waals surface area contributed by atoms with Crippen molar-refractivity contribution < 1.29 is 8.78 Å². The lowest BCUT2D eigenvalue weighted by Gasteiger charge is -2.16. The predicted molar refractivity (Wildman–Crippen MR) is 67.0 cm³/mol. The lowest BCUT2D eigenvalue weighted by Crippen LogP contribution is -2.30. The van der Waals surface area contributed by atoms with Gasteiger partial charge in [-0.05, 0) is 13.0 Å². The van der Waals surface area contributed by atoms with E-state index in [2.05, 4.69) is 10.4 Å². The molecule has 0 aliphatic rings. The first-order chi connectivity index (χ1) is 8.61. The van der Waals surface area contributed by atoms with Crippen LogP contribution in [0.1, 0.15) is 22.3 Å². The van der Waals surface area contributed by atoms with Gasteiger partial charge in [0.05, 0.1) is 16.7 Å². The van der Waals surface area contributed by atoms with E-state index < -0.39 is 17.7 Å². The summed E-state index contributed by atoms with van der Waals surface area (Å²) in [5.74, 6) is 3.67. The number of hydrogen-bond donors (Lipinski definition) is 2. The SMILES string of the molecule is Cc1nc(CC(NN)c2cccc(F)c2F)cs1. The minimum atomic E-state index is -0.873. The van der Waals surface area contributed by atoms with E-state index in [9.17, 15) is 8.78 Å². The molecule has 0 radical (unpaired) electrons. The standard InChI is InChI=1S/C12H13F2N3S/c1-7-16-8(6-18-7)5-11(17-15)9-3-2-4-10(13)12(9)14/h2-4,6,11,17H,5,15H2,1H3. The van der Waals surface area contributed by atoms with Crippen LogP contribution < -0.4 is 11.3 Å². The predicted octanol–water partition coefficient (Wildman–Crippen LogP) is 2.48. The molecule has 0 saturated heterocycles. The fourth-order valence-electron chi connectivity index (χ4n) is 1.76. The molecule has 96 valence electrons. The van der Waals surface area contributed by atoms with E-state index >= 15 is 0 Å². The fraction of sp³-hybridized carbons (Fsp3) is 0.250. The topological polar surface area (TPSA) is 50.9 Å². The molecule has 6 heteroatoms. The van der Waals surface area contributed by atoms with E-state index in [4.69, 9.17) is 5.84 Å². The third kappa shape index (κ3) is 2.72. The molecule has 1 atom stereocenters. The number of halogens is 2. The molecule has 0 saturated carbocycles. The summed E-state index contributed by atoms with van der Waals surface area (Å²) >= 11 is 1.51. The molecule has 0 aliphatic heterocycles. The summed E-state index contributed by atoms with van der Waals surface area (Å²) in [6, 6.07) is 3.56. The van der Waals surface area contributed by atoms with Crippen LogP contribution in [0.15, 0.2) is 23.6 Å². The van der Waals surface area contributed by atoms with Crippen LogP contribution >= 0.6 is 11.3 Å². The summed E-state index contributed by atoms with van der Waals surface area (Å²) in [6.07, 6.45) is 0.418. The molecule has 0 bridgehead atoms. The molecule has 0 aliphatic carbocycles. The zero-order chi connectivity index (χ0) is 13.1. The van der Waals surface area contributed by atoms with Crippen LogP contribution in [0.2, 0.25) is 0 Å². The molecule has 0 amide bonds. The van der Waals surface area contributed by atoms with Crippen LogP contribution in [-0.4, -0.2) is 4.98 Å². The Kier molecular flexibility index (Phi) is 4.00. The van der Waals surface area contributed by atoms with Crippen molar-refractivity contribution >= 4 is 11.3 Å². The first-order valence-corrected chi connectivity index (χ1v) is 6.31. The van der Waals surface area contributed by atoms with Crippen LogP contribution in [0.25, 0.3) is 0 Å². The molecule has 1 unspecified atom stereocenters. The number of hydrogen-bond acceptors (Lipinski definition) is 4. The Balaban J connectivity index is 2.25. The normalized spacial score (nSPS) is 12.7. The van der Waals surface area contributed by atoms with Crippen LogP contribution in [0, 0.1) is 18.6 Å². The summed E-state index contributed by atoms with van der Waals surface area (Å²) in [5.41, 5.74) is 3.52. The van der Waals surface area contributed by atoms with Gasteiger partial charge in [0.15, 0.2) is 11.6 Å². The average molecular weight is 269 g/mol. The van der Waals surface area contributed by atoms with E-state index in [1.807, 2.05) is 12.3 Å². The minimum absolute atomic E-state index is 0.211. The number of nitrogens with two attached hydrogens (primary N) is 1. The number of nitrogens with zero attached hydrogens (tertiary/aromatic N) is 1. The fourth-order valence-corrected chi connectivity index (χ4v) is 2.38. The van der Waals surface area contributed by atoms with Crippen molar-refractivity contribution in [2.24, 2.45) is 5.84 Å². The largest absolute Gasteiger partial charge is 0.271 e. The molecular weight excluding hydrogens is 256 g/mol. The highest BCUT2D eigenvalue weighted by Crippen LogP contribution is 2.23. The van der Waals surface area contributed by atoms with Gasteiger partial charge in [0.2, 0.25) is 0 Å². The highest BCUT2D eigenvalue weighted by molar-refractivity contribution is 7.09. The quantitative estimate of drug-likeness (QED) is 0.662. The van der Waals surface area contributed by atoms with Gasteiger partial charge in [-0.1, -0.05) is 12.1 Å². The number of aromatic nitrogens is 1. The molecule has 0 fully saturated rings. The maximum absolute atomic E-state index is 13.7. The molecule has 1 heterocycles. The van der Waals surface area contributed by atoms with Crippen LogP contribution in [0.5, 0.6) is 0 Å². The minimum Gasteiger partial charge on any atom is -0.271 e. The van der Waals surface area contributed by atoms with Gasteiger partial charge < -0.3 is 0 Å². The maximum Gasteiger partial charge on any atom is 0.163 e. The monoisotopic (exact) mass is 269 g/mol. The first kappa shape index (κ1) is 13.1. The van der Waals surface area contributed by atoms with Crippen molar-refractivity contribution in [1.82, 2.24) is 10.4 Å². The van der Waals surface area contributed by atoms with Gasteiger partial charge in [-0.3, -0.25) is 11.3 Å². The number of rotatable bonds is 4. The summed E-state index contributed by atoms with van der Waals surface area (Å²) < 4.78 is 26.8. The van der Waals surface area contributed by atoms with Crippen LogP contribution in [0.3, 0.4) is 0 Å². The van der Waals surface area contributed by atoms with E-state index in [1.54, 1.807) is 0 Å². The Morgan fingerprint density at radius 2 is 2.22 bits per heavy atom. The van der Waals surface area contributed by atoms with Crippen molar-refractivity contribution in [2.75, 3.05) is 0 Å². The van der Waals surface area contributed by atoms with Crippen molar-refractivity contribution in [3.8, 4) is 0 Å².